The van der Waals surface area contributed by atoms with Crippen molar-refractivity contribution in [3.63, 3.8) is 0 Å². The number of hydrogen-bond donors (Lipinski definition) is 2. The lowest BCUT2D eigenvalue weighted by Gasteiger charge is -2.18. The molecule has 116 valence electrons. The van der Waals surface area contributed by atoms with Crippen molar-refractivity contribution >= 4 is 22.8 Å². The topological polar surface area (TPSA) is 78.4 Å². The number of benzene rings is 2. The molecule has 1 amide bonds. The molecule has 0 atom stereocenters. The molecule has 1 heterocycles. The zero-order valence-electron chi connectivity index (χ0n) is 12.6. The molecule has 0 unspecified atom stereocenters. The number of carbonyl (C=O) groups excluding carboxylic acids is 1. The van der Waals surface area contributed by atoms with E-state index in [0.29, 0.717) is 29.0 Å². The van der Waals surface area contributed by atoms with Crippen LogP contribution in [0.1, 0.15) is 15.9 Å². The highest BCUT2D eigenvalue weighted by Gasteiger charge is 2.09. The van der Waals surface area contributed by atoms with Crippen LogP contribution in [-0.4, -0.2) is 28.1 Å². The van der Waals surface area contributed by atoms with Crippen LogP contribution in [0.25, 0.3) is 11.0 Å². The van der Waals surface area contributed by atoms with E-state index in [-0.39, 0.29) is 0 Å². The maximum Gasteiger partial charge on any atom is 0.274 e. The van der Waals surface area contributed by atoms with Crippen LogP contribution in [0.2, 0.25) is 0 Å². The summed E-state index contributed by atoms with van der Waals surface area (Å²) in [6.45, 7) is 0.706. The summed E-state index contributed by atoms with van der Waals surface area (Å²) in [7, 11) is 1.94. The van der Waals surface area contributed by atoms with Gasteiger partial charge in [0.1, 0.15) is 5.82 Å². The fourth-order valence-electron chi connectivity index (χ4n) is 2.33. The number of carbonyl (C=O) groups is 1. The van der Waals surface area contributed by atoms with Crippen LogP contribution in [0.4, 0.5) is 5.82 Å². The first-order valence-corrected chi connectivity index (χ1v) is 7.13. The van der Waals surface area contributed by atoms with Gasteiger partial charge in [0, 0.05) is 19.2 Å². The lowest BCUT2D eigenvalue weighted by atomic mass is 10.2. The first-order valence-electron chi connectivity index (χ1n) is 7.13. The van der Waals surface area contributed by atoms with Gasteiger partial charge in [-0.25, -0.2) is 10.5 Å². The number of amides is 1. The Morgan fingerprint density at radius 3 is 2.70 bits per heavy atom. The number of nitrogens with zero attached hydrogens (tertiary/aromatic N) is 3. The van der Waals surface area contributed by atoms with E-state index >= 15 is 0 Å². The minimum Gasteiger partial charge on any atom is -0.354 e. The van der Waals surface area contributed by atoms with Crippen molar-refractivity contribution in [1.29, 1.82) is 0 Å². The van der Waals surface area contributed by atoms with E-state index in [9.17, 15) is 4.79 Å². The van der Waals surface area contributed by atoms with E-state index in [4.69, 9.17) is 5.21 Å². The predicted octanol–water partition coefficient (Wildman–Crippen LogP) is 2.39. The van der Waals surface area contributed by atoms with Crippen LogP contribution in [0.5, 0.6) is 0 Å². The van der Waals surface area contributed by atoms with Crippen molar-refractivity contribution in [2.45, 2.75) is 6.54 Å². The van der Waals surface area contributed by atoms with Crippen LogP contribution < -0.4 is 10.4 Å². The van der Waals surface area contributed by atoms with Crippen LogP contribution in [0, 0.1) is 0 Å². The summed E-state index contributed by atoms with van der Waals surface area (Å²) in [5.74, 6) is 0.139. The second-order valence-electron chi connectivity index (χ2n) is 5.21. The molecule has 0 saturated carbocycles. The van der Waals surface area contributed by atoms with Gasteiger partial charge in [-0.15, -0.1) is 0 Å². The molecule has 0 fully saturated rings. The SMILES string of the molecule is CN(Cc1ccccc1)c1cnc2ccc(C(=O)NO)cc2n1. The second kappa shape index (κ2) is 6.41. The predicted molar refractivity (Wildman–Crippen MR) is 87.3 cm³/mol. The lowest BCUT2D eigenvalue weighted by Crippen LogP contribution is -2.19. The summed E-state index contributed by atoms with van der Waals surface area (Å²) in [6, 6.07) is 15.0. The molecule has 2 N–H and O–H groups in total. The Morgan fingerprint density at radius 1 is 1.17 bits per heavy atom. The van der Waals surface area contributed by atoms with Gasteiger partial charge in [0.05, 0.1) is 17.2 Å². The van der Waals surface area contributed by atoms with E-state index in [1.54, 1.807) is 29.9 Å². The molecule has 0 aliphatic heterocycles. The molecule has 2 aromatic carbocycles. The van der Waals surface area contributed by atoms with Gasteiger partial charge in [-0.3, -0.25) is 15.0 Å². The summed E-state index contributed by atoms with van der Waals surface area (Å²) < 4.78 is 0. The summed E-state index contributed by atoms with van der Waals surface area (Å²) in [4.78, 5) is 22.4. The molecule has 0 saturated heterocycles. The van der Waals surface area contributed by atoms with Gasteiger partial charge < -0.3 is 4.90 Å². The Hall–Kier alpha value is -2.99. The molecule has 0 radical (unpaired) electrons. The quantitative estimate of drug-likeness (QED) is 0.571. The minimum absolute atomic E-state index is 0.331. The molecule has 1 aromatic heterocycles. The van der Waals surface area contributed by atoms with E-state index in [1.807, 2.05) is 30.1 Å². The number of hydrogen-bond acceptors (Lipinski definition) is 5. The zero-order valence-corrected chi connectivity index (χ0v) is 12.6. The molecule has 0 aliphatic carbocycles. The summed E-state index contributed by atoms with van der Waals surface area (Å²) in [5, 5.41) is 8.72. The highest BCUT2D eigenvalue weighted by atomic mass is 16.5. The number of anilines is 1. The Bertz CT molecular complexity index is 836. The largest absolute Gasteiger partial charge is 0.354 e. The molecular weight excluding hydrogens is 292 g/mol. The normalized spacial score (nSPS) is 10.5. The minimum atomic E-state index is -0.572. The van der Waals surface area contributed by atoms with Gasteiger partial charge >= 0.3 is 0 Å². The van der Waals surface area contributed by atoms with Gasteiger partial charge in [0.2, 0.25) is 0 Å². The number of fused-ring (bicyclic) bond motifs is 1. The summed E-state index contributed by atoms with van der Waals surface area (Å²) in [6.07, 6.45) is 1.71. The third-order valence-electron chi connectivity index (χ3n) is 3.55. The van der Waals surface area contributed by atoms with Crippen molar-refractivity contribution in [3.05, 3.63) is 65.9 Å². The van der Waals surface area contributed by atoms with Crippen LogP contribution in [0.3, 0.4) is 0 Å². The molecule has 23 heavy (non-hydrogen) atoms. The monoisotopic (exact) mass is 308 g/mol. The van der Waals surface area contributed by atoms with Gasteiger partial charge in [-0.05, 0) is 23.8 Å². The van der Waals surface area contributed by atoms with E-state index in [1.165, 1.54) is 5.56 Å². The van der Waals surface area contributed by atoms with Crippen LogP contribution >= 0.6 is 0 Å². The Kier molecular flexibility index (Phi) is 4.16. The highest BCUT2D eigenvalue weighted by Crippen LogP contribution is 2.17. The molecule has 0 aliphatic rings. The molecule has 3 rings (SSSR count). The first-order chi connectivity index (χ1) is 11.2. The third-order valence-corrected chi connectivity index (χ3v) is 3.55. The zero-order chi connectivity index (χ0) is 16.2. The smallest absolute Gasteiger partial charge is 0.274 e. The molecule has 0 bridgehead atoms. The fourth-order valence-corrected chi connectivity index (χ4v) is 2.33. The van der Waals surface area contributed by atoms with Crippen molar-refractivity contribution < 1.29 is 10.0 Å². The van der Waals surface area contributed by atoms with Gasteiger partial charge in [0.25, 0.3) is 5.91 Å². The molecule has 6 nitrogen and oxygen atoms in total. The number of hydroxylamine groups is 1. The lowest BCUT2D eigenvalue weighted by molar-refractivity contribution is 0.0706. The van der Waals surface area contributed by atoms with Crippen molar-refractivity contribution in [2.75, 3.05) is 11.9 Å². The highest BCUT2D eigenvalue weighted by molar-refractivity contribution is 5.96. The van der Waals surface area contributed by atoms with Gasteiger partial charge in [0.15, 0.2) is 0 Å². The van der Waals surface area contributed by atoms with E-state index in [0.717, 1.165) is 0 Å². The van der Waals surface area contributed by atoms with Crippen molar-refractivity contribution in [1.82, 2.24) is 15.4 Å². The second-order valence-corrected chi connectivity index (χ2v) is 5.21. The molecular formula is C17H16N4O2. The van der Waals surface area contributed by atoms with Crippen molar-refractivity contribution in [3.8, 4) is 0 Å². The average molecular weight is 308 g/mol. The van der Waals surface area contributed by atoms with Crippen LogP contribution in [0.15, 0.2) is 54.7 Å². The summed E-state index contributed by atoms with van der Waals surface area (Å²) >= 11 is 0. The Labute approximate surface area is 133 Å². The van der Waals surface area contributed by atoms with Gasteiger partial charge in [-0.1, -0.05) is 30.3 Å². The molecule has 0 spiro atoms. The average Bonchev–Trinajstić information content (AvgIpc) is 2.60. The number of aromatic nitrogens is 2. The third kappa shape index (κ3) is 3.27. The number of nitrogens with one attached hydrogen (secondary N) is 1. The summed E-state index contributed by atoms with van der Waals surface area (Å²) in [5.41, 5.74) is 4.41. The molecule has 3 aromatic rings. The molecule has 6 heteroatoms. The maximum absolute atomic E-state index is 11.5. The Balaban J connectivity index is 1.90. The standard InChI is InChI=1S/C17H16N4O2/c1-21(11-12-5-3-2-4-6-12)16-10-18-14-8-7-13(17(22)20-23)9-15(14)19-16/h2-10,23H,11H2,1H3,(H,20,22). The maximum atomic E-state index is 11.5. The van der Waals surface area contributed by atoms with E-state index < -0.39 is 5.91 Å². The van der Waals surface area contributed by atoms with Crippen LogP contribution in [-0.2, 0) is 6.54 Å². The van der Waals surface area contributed by atoms with Gasteiger partial charge in [-0.2, -0.15) is 0 Å². The number of rotatable bonds is 4. The Morgan fingerprint density at radius 2 is 1.96 bits per heavy atom. The van der Waals surface area contributed by atoms with E-state index in [2.05, 4.69) is 22.1 Å². The fraction of sp³-hybridized carbons (Fsp3) is 0.118. The first kappa shape index (κ1) is 14.9. The van der Waals surface area contributed by atoms with Crippen molar-refractivity contribution in [2.24, 2.45) is 0 Å².